The molecule has 10 heavy (non-hydrogen) atoms. The van der Waals surface area contributed by atoms with Gasteiger partial charge in [0.15, 0.2) is 0 Å². The van der Waals surface area contributed by atoms with Crippen LogP contribution < -0.4 is 10.6 Å². The second kappa shape index (κ2) is 4.41. The highest BCUT2D eigenvalue weighted by atomic mass is 15.0. The van der Waals surface area contributed by atoms with Crippen molar-refractivity contribution in [2.75, 3.05) is 19.6 Å². The maximum absolute atomic E-state index is 6.82. The Morgan fingerprint density at radius 3 is 2.80 bits per heavy atom. The van der Waals surface area contributed by atoms with E-state index < -0.39 is 0 Å². The van der Waals surface area contributed by atoms with Crippen LogP contribution in [-0.2, 0) is 0 Å². The van der Waals surface area contributed by atoms with E-state index in [1.54, 1.807) is 0 Å². The fourth-order valence-corrected chi connectivity index (χ4v) is 1.25. The first-order valence-electron chi connectivity index (χ1n) is 3.86. The third kappa shape index (κ3) is 2.45. The molecule has 1 heterocycles. The van der Waals surface area contributed by atoms with E-state index in [2.05, 4.69) is 10.6 Å². The number of rotatable bonds is 3. The molecule has 1 fully saturated rings. The van der Waals surface area contributed by atoms with E-state index in [1.807, 2.05) is 0 Å². The smallest absolute Gasteiger partial charge is 0.0304 e. The normalized spacial score (nSPS) is 20.8. The minimum Gasteiger partial charge on any atom is -0.317 e. The molecule has 0 amide bonds. The number of hydrogen-bond acceptors (Lipinski definition) is 3. The van der Waals surface area contributed by atoms with Crippen LogP contribution in [0.2, 0.25) is 0 Å². The Hall–Kier alpha value is -0.410. The van der Waals surface area contributed by atoms with Gasteiger partial charge in [-0.05, 0) is 25.9 Å². The standard InChI is InChI=1S/C7H15N3/c8-3-6-10-7-1-4-9-5-2-7/h3,7-10H,1-2,4-6H2. The Bertz CT molecular complexity index is 97.0. The average Bonchev–Trinajstić information content (AvgIpc) is 2.03. The molecule has 1 rings (SSSR count). The summed E-state index contributed by atoms with van der Waals surface area (Å²) in [5.74, 6) is 0. The maximum atomic E-state index is 6.82. The summed E-state index contributed by atoms with van der Waals surface area (Å²) in [6, 6.07) is 0.642. The lowest BCUT2D eigenvalue weighted by Gasteiger charge is -2.22. The molecule has 1 aliphatic heterocycles. The van der Waals surface area contributed by atoms with Crippen LogP contribution in [0, 0.1) is 5.41 Å². The van der Waals surface area contributed by atoms with Gasteiger partial charge in [0.25, 0.3) is 0 Å². The van der Waals surface area contributed by atoms with Crippen molar-refractivity contribution in [3.63, 3.8) is 0 Å². The molecular formula is C7H15N3. The summed E-state index contributed by atoms with van der Waals surface area (Å²) < 4.78 is 0. The topological polar surface area (TPSA) is 47.9 Å². The van der Waals surface area contributed by atoms with Gasteiger partial charge in [-0.1, -0.05) is 0 Å². The van der Waals surface area contributed by atoms with Crippen molar-refractivity contribution >= 4 is 6.21 Å². The summed E-state index contributed by atoms with van der Waals surface area (Å²) >= 11 is 0. The van der Waals surface area contributed by atoms with Gasteiger partial charge in [0, 0.05) is 18.8 Å². The quantitative estimate of drug-likeness (QED) is 0.484. The molecule has 0 spiro atoms. The molecule has 0 atom stereocenters. The highest BCUT2D eigenvalue weighted by molar-refractivity contribution is 5.55. The van der Waals surface area contributed by atoms with E-state index in [-0.39, 0.29) is 0 Å². The molecule has 0 aromatic carbocycles. The lowest BCUT2D eigenvalue weighted by Crippen LogP contribution is -2.40. The van der Waals surface area contributed by atoms with E-state index >= 15 is 0 Å². The van der Waals surface area contributed by atoms with Gasteiger partial charge < -0.3 is 16.0 Å². The zero-order valence-corrected chi connectivity index (χ0v) is 6.19. The summed E-state index contributed by atoms with van der Waals surface area (Å²) in [6.07, 6.45) is 3.82. The van der Waals surface area contributed by atoms with Crippen molar-refractivity contribution < 1.29 is 0 Å². The van der Waals surface area contributed by atoms with Gasteiger partial charge in [0.05, 0.1) is 0 Å². The van der Waals surface area contributed by atoms with Crippen molar-refractivity contribution in [2.45, 2.75) is 18.9 Å². The van der Waals surface area contributed by atoms with Crippen molar-refractivity contribution in [3.8, 4) is 0 Å². The van der Waals surface area contributed by atoms with Crippen LogP contribution in [0.4, 0.5) is 0 Å². The first-order chi connectivity index (χ1) is 4.93. The van der Waals surface area contributed by atoms with Crippen LogP contribution in [0.25, 0.3) is 0 Å². The SMILES string of the molecule is N=CCNC1CCNCC1. The van der Waals surface area contributed by atoms with Crippen LogP contribution in [-0.4, -0.2) is 31.9 Å². The van der Waals surface area contributed by atoms with Crippen LogP contribution in [0.15, 0.2) is 0 Å². The molecule has 0 aromatic rings. The van der Waals surface area contributed by atoms with Crippen LogP contribution in [0.1, 0.15) is 12.8 Å². The Morgan fingerprint density at radius 2 is 2.20 bits per heavy atom. The fourth-order valence-electron chi connectivity index (χ4n) is 1.25. The van der Waals surface area contributed by atoms with E-state index in [0.29, 0.717) is 6.04 Å². The molecule has 3 nitrogen and oxygen atoms in total. The van der Waals surface area contributed by atoms with Crippen LogP contribution in [0.5, 0.6) is 0 Å². The van der Waals surface area contributed by atoms with Gasteiger partial charge in [-0.2, -0.15) is 0 Å². The largest absolute Gasteiger partial charge is 0.317 e. The lowest BCUT2D eigenvalue weighted by molar-refractivity contribution is 0.403. The van der Waals surface area contributed by atoms with Gasteiger partial charge in [-0.3, -0.25) is 0 Å². The third-order valence-electron chi connectivity index (χ3n) is 1.85. The van der Waals surface area contributed by atoms with Crippen LogP contribution in [0.3, 0.4) is 0 Å². The molecule has 0 unspecified atom stereocenters. The molecule has 0 radical (unpaired) electrons. The molecule has 58 valence electrons. The zero-order chi connectivity index (χ0) is 7.23. The first kappa shape index (κ1) is 7.69. The van der Waals surface area contributed by atoms with Crippen molar-refractivity contribution in [2.24, 2.45) is 0 Å². The summed E-state index contributed by atoms with van der Waals surface area (Å²) in [4.78, 5) is 0. The fraction of sp³-hybridized carbons (Fsp3) is 0.857. The number of piperidine rings is 1. The predicted molar refractivity (Wildman–Crippen MR) is 42.7 cm³/mol. The Morgan fingerprint density at radius 1 is 1.50 bits per heavy atom. The summed E-state index contributed by atoms with van der Waals surface area (Å²) in [6.45, 7) is 2.97. The van der Waals surface area contributed by atoms with Gasteiger partial charge >= 0.3 is 0 Å². The average molecular weight is 141 g/mol. The Kier molecular flexibility index (Phi) is 3.40. The van der Waals surface area contributed by atoms with Crippen LogP contribution >= 0.6 is 0 Å². The van der Waals surface area contributed by atoms with Crippen molar-refractivity contribution in [1.29, 1.82) is 5.41 Å². The Balaban J connectivity index is 2.07. The molecule has 1 saturated heterocycles. The second-order valence-corrected chi connectivity index (χ2v) is 2.64. The first-order valence-corrected chi connectivity index (χ1v) is 3.86. The predicted octanol–water partition coefficient (Wildman–Crippen LogP) is -0.0224. The zero-order valence-electron chi connectivity index (χ0n) is 6.19. The molecular weight excluding hydrogens is 126 g/mol. The highest BCUT2D eigenvalue weighted by Crippen LogP contribution is 2.00. The lowest BCUT2D eigenvalue weighted by atomic mass is 10.1. The molecule has 0 bridgehead atoms. The van der Waals surface area contributed by atoms with Gasteiger partial charge in [0.2, 0.25) is 0 Å². The minimum absolute atomic E-state index is 0.642. The van der Waals surface area contributed by atoms with Crippen molar-refractivity contribution in [1.82, 2.24) is 10.6 Å². The van der Waals surface area contributed by atoms with E-state index in [1.165, 1.54) is 19.1 Å². The molecule has 1 aliphatic rings. The van der Waals surface area contributed by atoms with Crippen molar-refractivity contribution in [3.05, 3.63) is 0 Å². The van der Waals surface area contributed by atoms with Gasteiger partial charge in [0.1, 0.15) is 0 Å². The summed E-state index contributed by atoms with van der Waals surface area (Å²) in [5, 5.41) is 13.4. The third-order valence-corrected chi connectivity index (χ3v) is 1.85. The second-order valence-electron chi connectivity index (χ2n) is 2.64. The van der Waals surface area contributed by atoms with E-state index in [0.717, 1.165) is 19.6 Å². The molecule has 0 aromatic heterocycles. The Labute approximate surface area is 61.7 Å². The maximum Gasteiger partial charge on any atom is 0.0304 e. The summed E-state index contributed by atoms with van der Waals surface area (Å²) in [5.41, 5.74) is 0. The molecule has 0 saturated carbocycles. The molecule has 0 aliphatic carbocycles. The highest BCUT2D eigenvalue weighted by Gasteiger charge is 2.10. The number of nitrogens with one attached hydrogen (secondary N) is 3. The van der Waals surface area contributed by atoms with E-state index in [9.17, 15) is 0 Å². The summed E-state index contributed by atoms with van der Waals surface area (Å²) in [7, 11) is 0. The monoisotopic (exact) mass is 141 g/mol. The van der Waals surface area contributed by atoms with Gasteiger partial charge in [-0.15, -0.1) is 0 Å². The molecule has 3 heteroatoms. The van der Waals surface area contributed by atoms with Gasteiger partial charge in [-0.25, -0.2) is 0 Å². The minimum atomic E-state index is 0.642. The molecule has 3 N–H and O–H groups in total. The van der Waals surface area contributed by atoms with E-state index in [4.69, 9.17) is 5.41 Å². The number of hydrogen-bond donors (Lipinski definition) is 3.